The van der Waals surface area contributed by atoms with E-state index in [1.807, 2.05) is 6.07 Å². The van der Waals surface area contributed by atoms with Crippen LogP contribution in [0, 0.1) is 0 Å². The lowest BCUT2D eigenvalue weighted by atomic mass is 9.94. The minimum atomic E-state index is 0.0705. The molecule has 0 spiro atoms. The van der Waals surface area contributed by atoms with Gasteiger partial charge < -0.3 is 15.3 Å². The van der Waals surface area contributed by atoms with E-state index in [0.29, 0.717) is 18.5 Å². The molecule has 0 saturated heterocycles. The van der Waals surface area contributed by atoms with Gasteiger partial charge in [0.05, 0.1) is 12.6 Å². The van der Waals surface area contributed by atoms with Crippen LogP contribution in [0.3, 0.4) is 0 Å². The number of nitrogens with one attached hydrogen (secondary N) is 1. The van der Waals surface area contributed by atoms with E-state index in [0.717, 1.165) is 18.8 Å². The highest BCUT2D eigenvalue weighted by Gasteiger charge is 2.24. The van der Waals surface area contributed by atoms with Gasteiger partial charge in [0, 0.05) is 19.3 Å². The first-order chi connectivity index (χ1) is 10.3. The van der Waals surface area contributed by atoms with E-state index in [1.165, 1.54) is 11.1 Å². The third-order valence-corrected chi connectivity index (χ3v) is 3.92. The normalized spacial score (nSPS) is 17.4. The van der Waals surface area contributed by atoms with Gasteiger partial charge in [0.25, 0.3) is 0 Å². The summed E-state index contributed by atoms with van der Waals surface area (Å²) < 4.78 is 0. The number of aliphatic hydroxyl groups excluding tert-OH is 1. The molecule has 2 heterocycles. The van der Waals surface area contributed by atoms with Crippen LogP contribution in [0.4, 0.5) is 11.8 Å². The molecule has 0 bridgehead atoms. The Morgan fingerprint density at radius 2 is 2.19 bits per heavy atom. The van der Waals surface area contributed by atoms with Gasteiger partial charge in [-0.15, -0.1) is 0 Å². The fourth-order valence-electron chi connectivity index (χ4n) is 2.85. The zero-order valence-electron chi connectivity index (χ0n) is 12.2. The molecule has 5 nitrogen and oxygen atoms in total. The summed E-state index contributed by atoms with van der Waals surface area (Å²) >= 11 is 0. The van der Waals surface area contributed by atoms with E-state index in [-0.39, 0.29) is 6.61 Å². The number of aromatic nitrogens is 2. The van der Waals surface area contributed by atoms with Crippen LogP contribution in [0.1, 0.15) is 24.1 Å². The first-order valence-corrected chi connectivity index (χ1v) is 7.32. The van der Waals surface area contributed by atoms with Crippen molar-refractivity contribution in [3.05, 3.63) is 47.7 Å². The molecular weight excluding hydrogens is 264 g/mol. The smallest absolute Gasteiger partial charge is 0.224 e. The maximum absolute atomic E-state index is 8.87. The number of anilines is 2. The number of hydrogen-bond donors (Lipinski definition) is 2. The quantitative estimate of drug-likeness (QED) is 0.899. The van der Waals surface area contributed by atoms with Crippen LogP contribution in [0.2, 0.25) is 0 Å². The van der Waals surface area contributed by atoms with Gasteiger partial charge in [-0.25, -0.2) is 4.98 Å². The lowest BCUT2D eigenvalue weighted by molar-refractivity contribution is 0.311. The van der Waals surface area contributed by atoms with Gasteiger partial charge in [0.1, 0.15) is 5.82 Å². The SMILES string of the molecule is C[C@H]1c2ccccc2CCN1c1ccnc(NCCO)n1. The summed E-state index contributed by atoms with van der Waals surface area (Å²) in [5.41, 5.74) is 2.79. The highest BCUT2D eigenvalue weighted by molar-refractivity contribution is 5.48. The highest BCUT2D eigenvalue weighted by atomic mass is 16.3. The molecule has 0 amide bonds. The molecule has 3 rings (SSSR count). The number of benzene rings is 1. The summed E-state index contributed by atoms with van der Waals surface area (Å²) in [6.45, 7) is 3.69. The zero-order chi connectivity index (χ0) is 14.7. The predicted octanol–water partition coefficient (Wildman–Crippen LogP) is 2.00. The summed E-state index contributed by atoms with van der Waals surface area (Å²) in [4.78, 5) is 11.0. The first kappa shape index (κ1) is 13.8. The zero-order valence-corrected chi connectivity index (χ0v) is 12.2. The number of rotatable bonds is 4. The number of nitrogens with zero attached hydrogens (tertiary/aromatic N) is 3. The average Bonchev–Trinajstić information content (AvgIpc) is 2.54. The summed E-state index contributed by atoms with van der Waals surface area (Å²) in [7, 11) is 0. The van der Waals surface area contributed by atoms with E-state index in [1.54, 1.807) is 6.20 Å². The number of aliphatic hydroxyl groups is 1. The second-order valence-corrected chi connectivity index (χ2v) is 5.21. The molecule has 1 atom stereocenters. The molecule has 0 unspecified atom stereocenters. The van der Waals surface area contributed by atoms with Crippen molar-refractivity contribution in [2.75, 3.05) is 29.9 Å². The molecule has 21 heavy (non-hydrogen) atoms. The van der Waals surface area contributed by atoms with E-state index in [4.69, 9.17) is 5.11 Å². The Hall–Kier alpha value is -2.14. The first-order valence-electron chi connectivity index (χ1n) is 7.32. The van der Waals surface area contributed by atoms with Crippen LogP contribution in [0.15, 0.2) is 36.5 Å². The van der Waals surface area contributed by atoms with Crippen molar-refractivity contribution >= 4 is 11.8 Å². The molecule has 0 fully saturated rings. The summed E-state index contributed by atoms with van der Waals surface area (Å²) in [5.74, 6) is 1.49. The van der Waals surface area contributed by atoms with E-state index >= 15 is 0 Å². The largest absolute Gasteiger partial charge is 0.395 e. The van der Waals surface area contributed by atoms with Crippen molar-refractivity contribution in [2.45, 2.75) is 19.4 Å². The van der Waals surface area contributed by atoms with Crippen molar-refractivity contribution in [3.63, 3.8) is 0 Å². The minimum absolute atomic E-state index is 0.0705. The molecule has 2 aromatic rings. The molecule has 0 aliphatic carbocycles. The van der Waals surface area contributed by atoms with Crippen molar-refractivity contribution in [2.24, 2.45) is 0 Å². The predicted molar refractivity (Wildman–Crippen MR) is 83.5 cm³/mol. The van der Waals surface area contributed by atoms with Gasteiger partial charge in [0.15, 0.2) is 0 Å². The Kier molecular flexibility index (Phi) is 4.01. The molecule has 0 saturated carbocycles. The van der Waals surface area contributed by atoms with Crippen molar-refractivity contribution in [1.29, 1.82) is 0 Å². The van der Waals surface area contributed by atoms with Crippen LogP contribution in [0.5, 0.6) is 0 Å². The standard InChI is InChI=1S/C16H20N4O/c1-12-14-5-3-2-4-13(14)7-10-20(12)15-6-8-17-16(19-15)18-9-11-21/h2-6,8,12,21H,7,9-11H2,1H3,(H,17,18,19)/t12-/m0/s1. The van der Waals surface area contributed by atoms with Crippen LogP contribution in [-0.4, -0.2) is 34.8 Å². The lowest BCUT2D eigenvalue weighted by Crippen LogP contribution is -2.34. The van der Waals surface area contributed by atoms with Gasteiger partial charge in [0.2, 0.25) is 5.95 Å². The second-order valence-electron chi connectivity index (χ2n) is 5.21. The Morgan fingerprint density at radius 3 is 3.05 bits per heavy atom. The van der Waals surface area contributed by atoms with Gasteiger partial charge >= 0.3 is 0 Å². The topological polar surface area (TPSA) is 61.3 Å². The van der Waals surface area contributed by atoms with Crippen LogP contribution in [-0.2, 0) is 6.42 Å². The summed E-state index contributed by atoms with van der Waals surface area (Å²) in [6.07, 6.45) is 2.79. The maximum atomic E-state index is 8.87. The highest BCUT2D eigenvalue weighted by Crippen LogP contribution is 2.32. The van der Waals surface area contributed by atoms with Crippen molar-refractivity contribution in [3.8, 4) is 0 Å². The monoisotopic (exact) mass is 284 g/mol. The van der Waals surface area contributed by atoms with Crippen LogP contribution >= 0.6 is 0 Å². The summed E-state index contributed by atoms with van der Waals surface area (Å²) in [5, 5.41) is 11.9. The van der Waals surface area contributed by atoms with Crippen LogP contribution in [0.25, 0.3) is 0 Å². The molecule has 1 aliphatic rings. The Balaban J connectivity index is 1.85. The fraction of sp³-hybridized carbons (Fsp3) is 0.375. The summed E-state index contributed by atoms with van der Waals surface area (Å²) in [6, 6.07) is 10.8. The molecule has 110 valence electrons. The Bertz CT molecular complexity index is 617. The van der Waals surface area contributed by atoms with E-state index in [2.05, 4.69) is 51.4 Å². The van der Waals surface area contributed by atoms with Gasteiger partial charge in [-0.05, 0) is 30.5 Å². The third kappa shape index (κ3) is 2.83. The average molecular weight is 284 g/mol. The van der Waals surface area contributed by atoms with Crippen molar-refractivity contribution in [1.82, 2.24) is 9.97 Å². The van der Waals surface area contributed by atoms with Crippen LogP contribution < -0.4 is 10.2 Å². The molecular formula is C16H20N4O. The lowest BCUT2D eigenvalue weighted by Gasteiger charge is -2.36. The minimum Gasteiger partial charge on any atom is -0.395 e. The fourth-order valence-corrected chi connectivity index (χ4v) is 2.85. The molecule has 2 N–H and O–H groups in total. The molecule has 0 radical (unpaired) electrons. The van der Waals surface area contributed by atoms with Gasteiger partial charge in [-0.3, -0.25) is 0 Å². The Morgan fingerprint density at radius 1 is 1.33 bits per heavy atom. The third-order valence-electron chi connectivity index (χ3n) is 3.92. The van der Waals surface area contributed by atoms with Crippen molar-refractivity contribution < 1.29 is 5.11 Å². The number of fused-ring (bicyclic) bond motifs is 1. The maximum Gasteiger partial charge on any atom is 0.224 e. The molecule has 1 aromatic carbocycles. The Labute approximate surface area is 124 Å². The van der Waals surface area contributed by atoms with Gasteiger partial charge in [-0.1, -0.05) is 24.3 Å². The van der Waals surface area contributed by atoms with Gasteiger partial charge in [-0.2, -0.15) is 4.98 Å². The second kappa shape index (κ2) is 6.10. The van der Waals surface area contributed by atoms with E-state index in [9.17, 15) is 0 Å². The number of hydrogen-bond acceptors (Lipinski definition) is 5. The molecule has 1 aromatic heterocycles. The van der Waals surface area contributed by atoms with E-state index < -0.39 is 0 Å². The molecule has 1 aliphatic heterocycles. The molecule has 5 heteroatoms.